The van der Waals surface area contributed by atoms with Crippen molar-refractivity contribution in [1.29, 1.82) is 0 Å². The van der Waals surface area contributed by atoms with Gasteiger partial charge in [-0.05, 0) is 25.2 Å². The second-order valence-corrected chi connectivity index (χ2v) is 3.65. The van der Waals surface area contributed by atoms with Crippen LogP contribution in [0, 0.1) is 5.92 Å². The lowest BCUT2D eigenvalue weighted by Gasteiger charge is -2.15. The number of fused-ring (bicyclic) bond motifs is 1. The lowest BCUT2D eigenvalue weighted by molar-refractivity contribution is 0.0963. The van der Waals surface area contributed by atoms with Gasteiger partial charge in [-0.25, -0.2) is 0 Å². The van der Waals surface area contributed by atoms with Gasteiger partial charge in [0.05, 0.1) is 5.69 Å². The third kappa shape index (κ3) is 1.32. The molecule has 70 valence electrons. The van der Waals surface area contributed by atoms with Crippen molar-refractivity contribution in [3.8, 4) is 0 Å². The fraction of sp³-hybridized carbons (Fsp3) is 0.556. The number of carbonyl (C=O) groups excluding carboxylic acids is 1. The van der Waals surface area contributed by atoms with E-state index in [1.807, 2.05) is 0 Å². The Morgan fingerprint density at radius 2 is 2.46 bits per heavy atom. The van der Waals surface area contributed by atoms with Crippen LogP contribution in [0.25, 0.3) is 0 Å². The van der Waals surface area contributed by atoms with Crippen molar-refractivity contribution in [3.05, 3.63) is 17.0 Å². The molecule has 0 unspecified atom stereocenters. The molecule has 0 fully saturated rings. The van der Waals surface area contributed by atoms with Crippen LogP contribution in [-0.2, 0) is 12.8 Å². The normalized spacial score (nSPS) is 21.2. The van der Waals surface area contributed by atoms with E-state index in [2.05, 4.69) is 12.1 Å². The Morgan fingerprint density at radius 3 is 3.15 bits per heavy atom. The average Bonchev–Trinajstić information content (AvgIpc) is 2.46. The van der Waals surface area contributed by atoms with Crippen LogP contribution < -0.4 is 5.73 Å². The topological polar surface area (TPSA) is 69.1 Å². The molecule has 1 aliphatic rings. The zero-order valence-corrected chi connectivity index (χ0v) is 7.54. The number of hydrogen-bond donors (Lipinski definition) is 1. The summed E-state index contributed by atoms with van der Waals surface area (Å²) < 4.78 is 4.90. The van der Waals surface area contributed by atoms with Gasteiger partial charge in [0.15, 0.2) is 0 Å². The maximum atomic E-state index is 10.9. The molecule has 0 saturated heterocycles. The number of nitrogens with zero attached hydrogens (tertiary/aromatic N) is 1. The summed E-state index contributed by atoms with van der Waals surface area (Å²) in [6.07, 6.45) is 2.86. The molecular formula is C9H12N2O2. The van der Waals surface area contributed by atoms with Crippen molar-refractivity contribution in [2.45, 2.75) is 26.2 Å². The summed E-state index contributed by atoms with van der Waals surface area (Å²) in [4.78, 5) is 10.9. The van der Waals surface area contributed by atoms with Gasteiger partial charge in [-0.1, -0.05) is 12.1 Å². The van der Waals surface area contributed by atoms with Crippen LogP contribution in [0.4, 0.5) is 0 Å². The minimum atomic E-state index is -0.511. The van der Waals surface area contributed by atoms with Crippen LogP contribution in [0.5, 0.6) is 0 Å². The zero-order valence-electron chi connectivity index (χ0n) is 7.54. The second-order valence-electron chi connectivity index (χ2n) is 3.65. The number of aryl methyl sites for hydroxylation is 1. The fourth-order valence-electron chi connectivity index (χ4n) is 1.78. The van der Waals surface area contributed by atoms with Gasteiger partial charge < -0.3 is 10.3 Å². The Balaban J connectivity index is 2.41. The highest BCUT2D eigenvalue weighted by atomic mass is 16.5. The van der Waals surface area contributed by atoms with Gasteiger partial charge in [0, 0.05) is 5.56 Å². The first-order valence-corrected chi connectivity index (χ1v) is 4.45. The summed E-state index contributed by atoms with van der Waals surface area (Å²) in [5.74, 6) is 0.328. The Morgan fingerprint density at radius 1 is 1.69 bits per heavy atom. The van der Waals surface area contributed by atoms with E-state index in [0.717, 1.165) is 30.5 Å². The van der Waals surface area contributed by atoms with Crippen molar-refractivity contribution in [2.24, 2.45) is 11.7 Å². The summed E-state index contributed by atoms with van der Waals surface area (Å²) in [5.41, 5.74) is 6.99. The van der Waals surface area contributed by atoms with Gasteiger partial charge >= 0.3 is 0 Å². The molecule has 0 saturated carbocycles. The van der Waals surface area contributed by atoms with Crippen molar-refractivity contribution in [3.63, 3.8) is 0 Å². The summed E-state index contributed by atoms with van der Waals surface area (Å²) >= 11 is 0. The standard InChI is InChI=1S/C9H12N2O2/c1-5-2-3-7-6(4-5)8(9(10)12)13-11-7/h5H,2-4H2,1H3,(H2,10,12)/t5-/m0/s1. The summed E-state index contributed by atoms with van der Waals surface area (Å²) in [7, 11) is 0. The molecule has 2 N–H and O–H groups in total. The monoisotopic (exact) mass is 180 g/mol. The number of primary amides is 1. The quantitative estimate of drug-likeness (QED) is 0.698. The van der Waals surface area contributed by atoms with Crippen molar-refractivity contribution in [1.82, 2.24) is 5.16 Å². The number of hydrogen-bond acceptors (Lipinski definition) is 3. The van der Waals surface area contributed by atoms with Gasteiger partial charge in [-0.2, -0.15) is 0 Å². The number of nitrogens with two attached hydrogens (primary N) is 1. The number of carbonyl (C=O) groups is 1. The molecule has 2 rings (SSSR count). The van der Waals surface area contributed by atoms with Gasteiger partial charge in [0.1, 0.15) is 0 Å². The predicted molar refractivity (Wildman–Crippen MR) is 46.2 cm³/mol. The lowest BCUT2D eigenvalue weighted by Crippen LogP contribution is -2.16. The molecule has 0 aliphatic heterocycles. The number of aromatic nitrogens is 1. The Labute approximate surface area is 76.1 Å². The van der Waals surface area contributed by atoms with Gasteiger partial charge in [0.25, 0.3) is 5.91 Å². The maximum absolute atomic E-state index is 10.9. The zero-order chi connectivity index (χ0) is 9.42. The molecule has 4 nitrogen and oxygen atoms in total. The fourth-order valence-corrected chi connectivity index (χ4v) is 1.78. The highest BCUT2D eigenvalue weighted by Crippen LogP contribution is 2.26. The van der Waals surface area contributed by atoms with Crippen LogP contribution in [0.2, 0.25) is 0 Å². The van der Waals surface area contributed by atoms with E-state index in [9.17, 15) is 4.79 Å². The van der Waals surface area contributed by atoms with Crippen molar-refractivity contribution >= 4 is 5.91 Å². The Kier molecular flexibility index (Phi) is 1.83. The first-order chi connectivity index (χ1) is 6.18. The number of amides is 1. The molecule has 1 heterocycles. The van der Waals surface area contributed by atoms with E-state index in [4.69, 9.17) is 10.3 Å². The molecule has 1 aliphatic carbocycles. The predicted octanol–water partition coefficient (Wildman–Crippen LogP) is 0.898. The molecule has 0 spiro atoms. The summed E-state index contributed by atoms with van der Waals surface area (Å²) in [5, 5.41) is 3.84. The highest BCUT2D eigenvalue weighted by molar-refractivity contribution is 5.91. The number of rotatable bonds is 1. The molecule has 0 aromatic carbocycles. The molecule has 1 amide bonds. The minimum absolute atomic E-state index is 0.251. The largest absolute Gasteiger partial charge is 0.363 e. The molecule has 0 radical (unpaired) electrons. The first kappa shape index (κ1) is 8.29. The van der Waals surface area contributed by atoms with Crippen molar-refractivity contribution < 1.29 is 9.32 Å². The minimum Gasteiger partial charge on any atom is -0.363 e. The van der Waals surface area contributed by atoms with Gasteiger partial charge in [-0.3, -0.25) is 4.79 Å². The maximum Gasteiger partial charge on any atom is 0.287 e. The van der Waals surface area contributed by atoms with Crippen LogP contribution in [-0.4, -0.2) is 11.1 Å². The van der Waals surface area contributed by atoms with Crippen LogP contribution in [0.1, 0.15) is 35.2 Å². The van der Waals surface area contributed by atoms with E-state index >= 15 is 0 Å². The molecule has 1 atom stereocenters. The molecule has 4 heteroatoms. The molecular weight excluding hydrogens is 168 g/mol. The van der Waals surface area contributed by atoms with Crippen LogP contribution >= 0.6 is 0 Å². The molecule has 1 aromatic rings. The first-order valence-electron chi connectivity index (χ1n) is 4.45. The van der Waals surface area contributed by atoms with Gasteiger partial charge in [-0.15, -0.1) is 0 Å². The SMILES string of the molecule is C[C@H]1CCc2noc(C(N)=O)c2C1. The van der Waals surface area contributed by atoms with E-state index in [-0.39, 0.29) is 5.76 Å². The average molecular weight is 180 g/mol. The van der Waals surface area contributed by atoms with Gasteiger partial charge in [0.2, 0.25) is 5.76 Å². The molecule has 0 bridgehead atoms. The Bertz CT molecular complexity index is 343. The lowest BCUT2D eigenvalue weighted by atomic mass is 9.88. The van der Waals surface area contributed by atoms with Crippen molar-refractivity contribution in [2.75, 3.05) is 0 Å². The van der Waals surface area contributed by atoms with E-state index in [1.54, 1.807) is 0 Å². The van der Waals surface area contributed by atoms with Crippen LogP contribution in [0.15, 0.2) is 4.52 Å². The highest BCUT2D eigenvalue weighted by Gasteiger charge is 2.25. The summed E-state index contributed by atoms with van der Waals surface area (Å²) in [6.45, 7) is 2.15. The van der Waals surface area contributed by atoms with E-state index in [0.29, 0.717) is 5.92 Å². The second kappa shape index (κ2) is 2.87. The Hall–Kier alpha value is -1.32. The molecule has 13 heavy (non-hydrogen) atoms. The summed E-state index contributed by atoms with van der Waals surface area (Å²) in [6, 6.07) is 0. The van der Waals surface area contributed by atoms with E-state index in [1.165, 1.54) is 0 Å². The third-order valence-corrected chi connectivity index (χ3v) is 2.52. The smallest absolute Gasteiger partial charge is 0.287 e. The van der Waals surface area contributed by atoms with E-state index < -0.39 is 5.91 Å². The third-order valence-electron chi connectivity index (χ3n) is 2.52. The molecule has 1 aromatic heterocycles. The van der Waals surface area contributed by atoms with Crippen LogP contribution in [0.3, 0.4) is 0 Å².